The van der Waals surface area contributed by atoms with Crippen LogP contribution >= 0.6 is 0 Å². The molecule has 3 rings (SSSR count). The van der Waals surface area contributed by atoms with E-state index in [1.54, 1.807) is 10.9 Å². The highest BCUT2D eigenvalue weighted by Crippen LogP contribution is 2.26. The number of nitrogens with two attached hydrogens (primary N) is 1. The van der Waals surface area contributed by atoms with Gasteiger partial charge in [-0.1, -0.05) is 0 Å². The Hall–Kier alpha value is -1.69. The largest absolute Gasteiger partial charge is 0.472 e. The smallest absolute Gasteiger partial charge is 0.228 e. The molecule has 0 spiro atoms. The van der Waals surface area contributed by atoms with Gasteiger partial charge in [0.05, 0.1) is 6.20 Å². The zero-order chi connectivity index (χ0) is 11.8. The third kappa shape index (κ3) is 1.74. The first-order valence-corrected chi connectivity index (χ1v) is 5.80. The van der Waals surface area contributed by atoms with Gasteiger partial charge >= 0.3 is 0 Å². The summed E-state index contributed by atoms with van der Waals surface area (Å²) in [6, 6.07) is 0.108. The van der Waals surface area contributed by atoms with E-state index < -0.39 is 0 Å². The van der Waals surface area contributed by atoms with Crippen LogP contribution in [0.15, 0.2) is 12.5 Å². The number of hydrogen-bond acceptors (Lipinski definition) is 5. The van der Waals surface area contributed by atoms with Crippen molar-refractivity contribution in [1.82, 2.24) is 19.7 Å². The third-order valence-electron chi connectivity index (χ3n) is 3.26. The van der Waals surface area contributed by atoms with Gasteiger partial charge in [0.1, 0.15) is 17.8 Å². The minimum absolute atomic E-state index is 0.0632. The molecular formula is C11H15N5O. The molecule has 0 amide bonds. The molecule has 6 nitrogen and oxygen atoms in total. The molecule has 1 saturated carbocycles. The minimum atomic E-state index is 0.0632. The summed E-state index contributed by atoms with van der Waals surface area (Å²) in [5.41, 5.74) is 6.77. The van der Waals surface area contributed by atoms with Crippen molar-refractivity contribution in [2.24, 2.45) is 12.8 Å². The van der Waals surface area contributed by atoms with Crippen molar-refractivity contribution in [1.29, 1.82) is 0 Å². The fraction of sp³-hybridized carbons (Fsp3) is 0.545. The zero-order valence-electron chi connectivity index (χ0n) is 9.71. The van der Waals surface area contributed by atoms with E-state index in [0.717, 1.165) is 30.3 Å². The van der Waals surface area contributed by atoms with E-state index in [1.807, 2.05) is 7.05 Å². The molecule has 6 heteroatoms. The van der Waals surface area contributed by atoms with Crippen molar-refractivity contribution >= 4 is 11.0 Å². The van der Waals surface area contributed by atoms with Crippen LogP contribution in [-0.2, 0) is 7.05 Å². The van der Waals surface area contributed by atoms with E-state index in [9.17, 15) is 0 Å². The molecule has 0 saturated heterocycles. The fourth-order valence-corrected chi connectivity index (χ4v) is 2.28. The fourth-order valence-electron chi connectivity index (χ4n) is 2.28. The lowest BCUT2D eigenvalue weighted by molar-refractivity contribution is 0.186. The van der Waals surface area contributed by atoms with E-state index >= 15 is 0 Å². The van der Waals surface area contributed by atoms with Gasteiger partial charge in [-0.2, -0.15) is 5.10 Å². The Morgan fingerprint density at radius 1 is 1.41 bits per heavy atom. The molecule has 0 radical (unpaired) electrons. The maximum absolute atomic E-state index is 5.99. The standard InChI is InChI=1S/C11H15N5O/c1-16-10-7(5-15-16)11(14-6-13-10)17-9-4-2-3-8(9)12/h5-6,8-9H,2-4,12H2,1H3. The number of aryl methyl sites for hydroxylation is 1. The summed E-state index contributed by atoms with van der Waals surface area (Å²) in [4.78, 5) is 8.35. The van der Waals surface area contributed by atoms with E-state index in [1.165, 1.54) is 6.33 Å². The van der Waals surface area contributed by atoms with Gasteiger partial charge in [-0.25, -0.2) is 9.97 Å². The van der Waals surface area contributed by atoms with Crippen LogP contribution in [0, 0.1) is 0 Å². The SMILES string of the molecule is Cn1ncc2c(OC3CCCC3N)ncnc21. The van der Waals surface area contributed by atoms with Crippen LogP contribution in [0.2, 0.25) is 0 Å². The lowest BCUT2D eigenvalue weighted by atomic mass is 10.2. The molecule has 1 aliphatic rings. The summed E-state index contributed by atoms with van der Waals surface area (Å²) in [6.45, 7) is 0. The van der Waals surface area contributed by atoms with Gasteiger partial charge in [-0.05, 0) is 19.3 Å². The van der Waals surface area contributed by atoms with E-state index in [0.29, 0.717) is 5.88 Å². The molecule has 1 aliphatic carbocycles. The second-order valence-electron chi connectivity index (χ2n) is 4.44. The zero-order valence-corrected chi connectivity index (χ0v) is 9.71. The number of fused-ring (bicyclic) bond motifs is 1. The van der Waals surface area contributed by atoms with Crippen molar-refractivity contribution in [2.45, 2.75) is 31.4 Å². The molecule has 0 aromatic carbocycles. The van der Waals surface area contributed by atoms with Crippen molar-refractivity contribution in [2.75, 3.05) is 0 Å². The van der Waals surface area contributed by atoms with Crippen LogP contribution in [0.3, 0.4) is 0 Å². The topological polar surface area (TPSA) is 78.9 Å². The molecule has 17 heavy (non-hydrogen) atoms. The first kappa shape index (κ1) is 10.5. The monoisotopic (exact) mass is 233 g/mol. The third-order valence-corrected chi connectivity index (χ3v) is 3.26. The summed E-state index contributed by atoms with van der Waals surface area (Å²) in [6.07, 6.45) is 6.42. The van der Waals surface area contributed by atoms with Crippen LogP contribution in [0.25, 0.3) is 11.0 Å². The molecule has 2 aromatic heterocycles. The average Bonchev–Trinajstić information content (AvgIpc) is 2.89. The van der Waals surface area contributed by atoms with Crippen LogP contribution in [0.1, 0.15) is 19.3 Å². The molecule has 2 atom stereocenters. The number of hydrogen-bond donors (Lipinski definition) is 1. The Morgan fingerprint density at radius 2 is 2.29 bits per heavy atom. The highest BCUT2D eigenvalue weighted by molar-refractivity contribution is 5.79. The highest BCUT2D eigenvalue weighted by Gasteiger charge is 2.26. The van der Waals surface area contributed by atoms with Gasteiger partial charge in [-0.3, -0.25) is 4.68 Å². The predicted molar refractivity (Wildman–Crippen MR) is 62.5 cm³/mol. The Morgan fingerprint density at radius 3 is 3.06 bits per heavy atom. The summed E-state index contributed by atoms with van der Waals surface area (Å²) in [5, 5.41) is 4.99. The Kier molecular flexibility index (Phi) is 2.44. The maximum atomic E-state index is 5.99. The number of aromatic nitrogens is 4. The normalized spacial score (nSPS) is 24.4. The maximum Gasteiger partial charge on any atom is 0.228 e. The Labute approximate surface area is 98.8 Å². The molecule has 2 unspecified atom stereocenters. The van der Waals surface area contributed by atoms with Gasteiger partial charge < -0.3 is 10.5 Å². The minimum Gasteiger partial charge on any atom is -0.472 e. The Balaban J connectivity index is 1.94. The summed E-state index contributed by atoms with van der Waals surface area (Å²) < 4.78 is 7.59. The van der Waals surface area contributed by atoms with Gasteiger partial charge in [0.2, 0.25) is 5.88 Å². The molecule has 2 N–H and O–H groups in total. The molecule has 1 fully saturated rings. The van der Waals surface area contributed by atoms with Crippen LogP contribution < -0.4 is 10.5 Å². The molecule has 0 bridgehead atoms. The van der Waals surface area contributed by atoms with Crippen LogP contribution in [0.5, 0.6) is 5.88 Å². The van der Waals surface area contributed by atoms with Gasteiger partial charge in [-0.15, -0.1) is 0 Å². The lowest BCUT2D eigenvalue weighted by Crippen LogP contribution is -2.33. The second kappa shape index (κ2) is 3.96. The lowest BCUT2D eigenvalue weighted by Gasteiger charge is -2.17. The molecule has 90 valence electrons. The van der Waals surface area contributed by atoms with Crippen molar-refractivity contribution in [3.63, 3.8) is 0 Å². The number of nitrogens with zero attached hydrogens (tertiary/aromatic N) is 4. The van der Waals surface area contributed by atoms with Gasteiger partial charge in [0, 0.05) is 13.1 Å². The molecular weight excluding hydrogens is 218 g/mol. The van der Waals surface area contributed by atoms with E-state index in [-0.39, 0.29) is 12.1 Å². The van der Waals surface area contributed by atoms with E-state index in [2.05, 4.69) is 15.1 Å². The van der Waals surface area contributed by atoms with Crippen molar-refractivity contribution in [3.8, 4) is 5.88 Å². The van der Waals surface area contributed by atoms with Crippen LogP contribution in [0.4, 0.5) is 0 Å². The highest BCUT2D eigenvalue weighted by atomic mass is 16.5. The average molecular weight is 233 g/mol. The van der Waals surface area contributed by atoms with E-state index in [4.69, 9.17) is 10.5 Å². The first-order valence-electron chi connectivity index (χ1n) is 5.80. The van der Waals surface area contributed by atoms with Crippen molar-refractivity contribution < 1.29 is 4.74 Å². The van der Waals surface area contributed by atoms with Crippen molar-refractivity contribution in [3.05, 3.63) is 12.5 Å². The first-order chi connectivity index (χ1) is 8.25. The Bertz CT molecular complexity index is 538. The summed E-state index contributed by atoms with van der Waals surface area (Å²) in [5.74, 6) is 0.588. The predicted octanol–water partition coefficient (Wildman–Crippen LogP) is 0.622. The number of rotatable bonds is 2. The molecule has 0 aliphatic heterocycles. The van der Waals surface area contributed by atoms with Gasteiger partial charge in [0.25, 0.3) is 0 Å². The van der Waals surface area contributed by atoms with Crippen LogP contribution in [-0.4, -0.2) is 31.9 Å². The molecule has 2 heterocycles. The number of ether oxygens (including phenoxy) is 1. The molecule has 2 aromatic rings. The second-order valence-corrected chi connectivity index (χ2v) is 4.44. The summed E-state index contributed by atoms with van der Waals surface area (Å²) in [7, 11) is 1.85. The summed E-state index contributed by atoms with van der Waals surface area (Å²) >= 11 is 0. The quantitative estimate of drug-likeness (QED) is 0.822. The van der Waals surface area contributed by atoms with Gasteiger partial charge in [0.15, 0.2) is 5.65 Å².